The van der Waals surface area contributed by atoms with Gasteiger partial charge in [-0.1, -0.05) is 11.6 Å². The van der Waals surface area contributed by atoms with Crippen molar-refractivity contribution < 1.29 is 27.4 Å². The number of anilines is 1. The van der Waals surface area contributed by atoms with Crippen molar-refractivity contribution in [1.29, 1.82) is 0 Å². The van der Waals surface area contributed by atoms with Gasteiger partial charge >= 0.3 is 6.18 Å². The molecule has 0 saturated carbocycles. The van der Waals surface area contributed by atoms with Crippen LogP contribution in [0.15, 0.2) is 12.1 Å². The van der Waals surface area contributed by atoms with Gasteiger partial charge in [-0.15, -0.1) is 0 Å². The fraction of sp³-hybridized carbons (Fsp3) is 0.562. The van der Waals surface area contributed by atoms with Crippen molar-refractivity contribution in [3.8, 4) is 11.5 Å². The van der Waals surface area contributed by atoms with E-state index in [1.807, 2.05) is 4.90 Å². The van der Waals surface area contributed by atoms with Crippen LogP contribution in [0.3, 0.4) is 0 Å². The van der Waals surface area contributed by atoms with E-state index in [-0.39, 0.29) is 25.5 Å². The Hall–Kier alpha value is -1.71. The summed E-state index contributed by atoms with van der Waals surface area (Å²) in [5, 5.41) is 3.05. The zero-order valence-corrected chi connectivity index (χ0v) is 14.7. The van der Waals surface area contributed by atoms with Gasteiger partial charge in [-0.2, -0.15) is 13.2 Å². The van der Waals surface area contributed by atoms with Crippen LogP contribution in [0.2, 0.25) is 5.02 Å². The van der Waals surface area contributed by atoms with Crippen LogP contribution in [0.4, 0.5) is 18.9 Å². The van der Waals surface area contributed by atoms with Crippen LogP contribution in [0.5, 0.6) is 11.5 Å². The van der Waals surface area contributed by atoms with E-state index >= 15 is 0 Å². The minimum atomic E-state index is -4.20. The molecule has 1 aromatic rings. The zero-order chi connectivity index (χ0) is 18.7. The summed E-state index contributed by atoms with van der Waals surface area (Å²) >= 11 is 6.15. The number of nitrogens with one attached hydrogen (secondary N) is 1. The maximum Gasteiger partial charge on any atom is 0.401 e. The van der Waals surface area contributed by atoms with Crippen LogP contribution >= 0.6 is 11.6 Å². The Balaban J connectivity index is 1.51. The molecule has 0 spiro atoms. The molecule has 6 nitrogen and oxygen atoms in total. The van der Waals surface area contributed by atoms with E-state index in [0.717, 1.165) is 0 Å². The van der Waals surface area contributed by atoms with Crippen molar-refractivity contribution in [3.63, 3.8) is 0 Å². The van der Waals surface area contributed by atoms with Gasteiger partial charge in [-0.25, -0.2) is 0 Å². The molecule has 1 fully saturated rings. The van der Waals surface area contributed by atoms with Gasteiger partial charge in [0.2, 0.25) is 5.91 Å². The summed E-state index contributed by atoms with van der Waals surface area (Å²) in [7, 11) is 0. The summed E-state index contributed by atoms with van der Waals surface area (Å²) in [6.45, 7) is 1.38. The molecule has 2 aliphatic heterocycles. The molecular weight excluding hydrogens is 375 g/mol. The van der Waals surface area contributed by atoms with Gasteiger partial charge in [0.15, 0.2) is 11.5 Å². The molecule has 26 heavy (non-hydrogen) atoms. The maximum absolute atomic E-state index is 12.4. The number of alkyl halides is 3. The smallest absolute Gasteiger partial charge is 0.401 e. The molecule has 0 bridgehead atoms. The highest BCUT2D eigenvalue weighted by Gasteiger charge is 2.32. The van der Waals surface area contributed by atoms with Gasteiger partial charge < -0.3 is 14.8 Å². The monoisotopic (exact) mass is 393 g/mol. The second-order valence-corrected chi connectivity index (χ2v) is 6.60. The first kappa shape index (κ1) is 19.1. The number of carbonyl (C=O) groups excluding carboxylic acids is 1. The number of ether oxygens (including phenoxy) is 2. The van der Waals surface area contributed by atoms with Gasteiger partial charge in [-0.3, -0.25) is 14.6 Å². The average Bonchev–Trinajstić information content (AvgIpc) is 2.56. The molecule has 1 amide bonds. The van der Waals surface area contributed by atoms with Crippen LogP contribution in [-0.2, 0) is 4.79 Å². The lowest BCUT2D eigenvalue weighted by Gasteiger charge is -2.34. The van der Waals surface area contributed by atoms with E-state index in [1.165, 1.54) is 4.90 Å². The van der Waals surface area contributed by atoms with Crippen molar-refractivity contribution in [1.82, 2.24) is 9.80 Å². The third-order valence-electron chi connectivity index (χ3n) is 4.14. The highest BCUT2D eigenvalue weighted by atomic mass is 35.5. The van der Waals surface area contributed by atoms with E-state index in [0.29, 0.717) is 48.5 Å². The third kappa shape index (κ3) is 5.15. The molecule has 1 saturated heterocycles. The molecule has 144 valence electrons. The number of halogens is 4. The highest BCUT2D eigenvalue weighted by molar-refractivity contribution is 6.34. The van der Waals surface area contributed by atoms with Crippen LogP contribution < -0.4 is 14.8 Å². The first-order valence-corrected chi connectivity index (χ1v) is 8.58. The zero-order valence-electron chi connectivity index (χ0n) is 13.9. The molecule has 1 N–H and O–H groups in total. The predicted molar refractivity (Wildman–Crippen MR) is 90.0 cm³/mol. The maximum atomic E-state index is 12.4. The molecule has 0 unspecified atom stereocenters. The molecule has 2 heterocycles. The third-order valence-corrected chi connectivity index (χ3v) is 4.45. The Labute approximate surface area is 153 Å². The number of piperazine rings is 1. The molecule has 0 aliphatic carbocycles. The predicted octanol–water partition coefficient (Wildman–Crippen LogP) is 2.23. The lowest BCUT2D eigenvalue weighted by Crippen LogP contribution is -2.50. The van der Waals surface area contributed by atoms with Crippen molar-refractivity contribution in [2.45, 2.75) is 6.18 Å². The number of amides is 1. The first-order chi connectivity index (χ1) is 12.3. The first-order valence-electron chi connectivity index (χ1n) is 8.20. The minimum absolute atomic E-state index is 0.0879. The summed E-state index contributed by atoms with van der Waals surface area (Å²) < 4.78 is 48.1. The standard InChI is InChI=1S/C16H19ClF3N3O3/c17-11-7-13-14(26-6-5-25-13)8-12(11)21-15(24)9-22-1-3-23(4-2-22)10-16(18,19)20/h7-8H,1-6,9-10H2,(H,21,24). The Morgan fingerprint density at radius 3 is 2.27 bits per heavy atom. The normalized spacial score (nSPS) is 18.6. The van der Waals surface area contributed by atoms with Gasteiger partial charge in [0.1, 0.15) is 13.2 Å². The minimum Gasteiger partial charge on any atom is -0.486 e. The summed E-state index contributed by atoms with van der Waals surface area (Å²) in [4.78, 5) is 15.4. The van der Waals surface area contributed by atoms with E-state index in [9.17, 15) is 18.0 Å². The van der Waals surface area contributed by atoms with Crippen LogP contribution in [0.1, 0.15) is 0 Å². The van der Waals surface area contributed by atoms with Gasteiger partial charge in [0.25, 0.3) is 0 Å². The fourth-order valence-electron chi connectivity index (χ4n) is 2.91. The second kappa shape index (κ2) is 7.89. The second-order valence-electron chi connectivity index (χ2n) is 6.19. The number of hydrogen-bond donors (Lipinski definition) is 1. The Bertz CT molecular complexity index is 664. The molecule has 0 radical (unpaired) electrons. The molecule has 10 heteroatoms. The van der Waals surface area contributed by atoms with Crippen LogP contribution in [0.25, 0.3) is 0 Å². The van der Waals surface area contributed by atoms with Crippen molar-refractivity contribution in [2.24, 2.45) is 0 Å². The highest BCUT2D eigenvalue weighted by Crippen LogP contribution is 2.37. The lowest BCUT2D eigenvalue weighted by atomic mass is 10.2. The Morgan fingerprint density at radius 1 is 1.08 bits per heavy atom. The summed E-state index contributed by atoms with van der Waals surface area (Å²) in [6, 6.07) is 3.19. The van der Waals surface area contributed by atoms with Crippen LogP contribution in [-0.4, -0.2) is 74.4 Å². The molecule has 3 rings (SSSR count). The van der Waals surface area contributed by atoms with Crippen molar-refractivity contribution in [3.05, 3.63) is 17.2 Å². The van der Waals surface area contributed by atoms with E-state index < -0.39 is 12.7 Å². The number of carbonyl (C=O) groups is 1. The molecule has 2 aliphatic rings. The topological polar surface area (TPSA) is 54.0 Å². The fourth-order valence-corrected chi connectivity index (χ4v) is 3.11. The van der Waals surface area contributed by atoms with E-state index in [4.69, 9.17) is 21.1 Å². The SMILES string of the molecule is O=C(CN1CCN(CC(F)(F)F)CC1)Nc1cc2c(cc1Cl)OCCO2. The summed E-state index contributed by atoms with van der Waals surface area (Å²) in [5.41, 5.74) is 0.414. The molecule has 1 aromatic carbocycles. The van der Waals surface area contributed by atoms with E-state index in [2.05, 4.69) is 5.32 Å². The van der Waals surface area contributed by atoms with Crippen molar-refractivity contribution >= 4 is 23.2 Å². The number of nitrogens with zero attached hydrogens (tertiary/aromatic N) is 2. The number of fused-ring (bicyclic) bond motifs is 1. The number of hydrogen-bond acceptors (Lipinski definition) is 5. The number of rotatable bonds is 4. The van der Waals surface area contributed by atoms with Crippen molar-refractivity contribution in [2.75, 3.05) is 57.8 Å². The van der Waals surface area contributed by atoms with Gasteiger partial charge in [-0.05, 0) is 0 Å². The molecule has 0 atom stereocenters. The quantitative estimate of drug-likeness (QED) is 0.850. The summed E-state index contributed by atoms with van der Waals surface area (Å²) in [6.07, 6.45) is -4.20. The average molecular weight is 394 g/mol. The van der Waals surface area contributed by atoms with Gasteiger partial charge in [0.05, 0.1) is 23.8 Å². The van der Waals surface area contributed by atoms with Gasteiger partial charge in [0, 0.05) is 38.3 Å². The number of benzene rings is 1. The largest absolute Gasteiger partial charge is 0.486 e. The molecule has 0 aromatic heterocycles. The molecular formula is C16H19ClF3N3O3. The van der Waals surface area contributed by atoms with Crippen LogP contribution in [0, 0.1) is 0 Å². The lowest BCUT2D eigenvalue weighted by molar-refractivity contribution is -0.149. The Morgan fingerprint density at radius 2 is 1.65 bits per heavy atom. The van der Waals surface area contributed by atoms with E-state index in [1.54, 1.807) is 12.1 Å². The Kier molecular flexibility index (Phi) is 5.79. The summed E-state index contributed by atoms with van der Waals surface area (Å²) in [5.74, 6) is 0.754.